The molecule has 0 aliphatic carbocycles. The van der Waals surface area contributed by atoms with Gasteiger partial charge in [0.15, 0.2) is 0 Å². The molecule has 1 aliphatic rings. The zero-order chi connectivity index (χ0) is 24.3. The monoisotopic (exact) mass is 503 g/mol. The van der Waals surface area contributed by atoms with Crippen molar-refractivity contribution in [3.8, 4) is 0 Å². The topological polar surface area (TPSA) is 99.8 Å². The van der Waals surface area contributed by atoms with Gasteiger partial charge in [0.1, 0.15) is 6.54 Å². The van der Waals surface area contributed by atoms with E-state index in [-0.39, 0.29) is 30.9 Å². The van der Waals surface area contributed by atoms with Crippen LogP contribution in [0.25, 0.3) is 10.9 Å². The third kappa shape index (κ3) is 5.78. The van der Waals surface area contributed by atoms with Crippen molar-refractivity contribution in [2.24, 2.45) is 5.92 Å². The number of nitrogens with zero attached hydrogens (tertiary/aromatic N) is 2. The van der Waals surface area contributed by atoms with Gasteiger partial charge >= 0.3 is 0 Å². The van der Waals surface area contributed by atoms with E-state index in [1.807, 2.05) is 18.2 Å². The molecule has 0 spiro atoms. The molecule has 1 aliphatic heterocycles. The fourth-order valence-corrected chi connectivity index (χ4v) is 4.73. The van der Waals surface area contributed by atoms with Crippen LogP contribution in [0.1, 0.15) is 23.2 Å². The lowest BCUT2D eigenvalue weighted by Crippen LogP contribution is -2.46. The standard InChI is InChI=1S/C24H26ClN3O5S/c1-34(31,32)33-16-17-9-11-27(12-10-17)23(29)15-28(19-5-3-2-4-6-19)24(30)18-7-8-20-21(25)14-26-22(20)13-18/h2-8,13-14,17,26H,9-12,15-16H2,1H3. The predicted octanol–water partition coefficient (Wildman–Crippen LogP) is 3.68. The number of amides is 2. The Hall–Kier alpha value is -2.88. The van der Waals surface area contributed by atoms with E-state index >= 15 is 0 Å². The molecule has 1 saturated heterocycles. The minimum Gasteiger partial charge on any atom is -0.360 e. The maximum Gasteiger partial charge on any atom is 0.264 e. The highest BCUT2D eigenvalue weighted by atomic mass is 35.5. The van der Waals surface area contributed by atoms with E-state index in [1.54, 1.807) is 41.4 Å². The van der Waals surface area contributed by atoms with Gasteiger partial charge in [-0.2, -0.15) is 8.42 Å². The smallest absolute Gasteiger partial charge is 0.264 e. The highest BCUT2D eigenvalue weighted by molar-refractivity contribution is 7.85. The van der Waals surface area contributed by atoms with Crippen LogP contribution in [-0.4, -0.2) is 62.6 Å². The van der Waals surface area contributed by atoms with Gasteiger partial charge in [0.2, 0.25) is 5.91 Å². The lowest BCUT2D eigenvalue weighted by molar-refractivity contribution is -0.131. The van der Waals surface area contributed by atoms with Crippen molar-refractivity contribution in [2.45, 2.75) is 12.8 Å². The lowest BCUT2D eigenvalue weighted by atomic mass is 9.98. The maximum atomic E-state index is 13.5. The van der Waals surface area contributed by atoms with Gasteiger partial charge in [0.05, 0.1) is 17.9 Å². The second-order valence-electron chi connectivity index (χ2n) is 8.44. The number of likely N-dealkylation sites (tertiary alicyclic amines) is 1. The molecular formula is C24H26ClN3O5S. The van der Waals surface area contributed by atoms with Crippen LogP contribution in [0.2, 0.25) is 5.02 Å². The average Bonchev–Trinajstić information content (AvgIpc) is 3.21. The van der Waals surface area contributed by atoms with Crippen LogP contribution in [0, 0.1) is 5.92 Å². The molecule has 0 atom stereocenters. The van der Waals surface area contributed by atoms with Gasteiger partial charge < -0.3 is 9.88 Å². The molecule has 0 radical (unpaired) electrons. The summed E-state index contributed by atoms with van der Waals surface area (Å²) >= 11 is 6.16. The summed E-state index contributed by atoms with van der Waals surface area (Å²) in [6.07, 6.45) is 3.99. The largest absolute Gasteiger partial charge is 0.360 e. The van der Waals surface area contributed by atoms with Gasteiger partial charge in [-0.3, -0.25) is 18.7 Å². The number of para-hydroxylation sites is 1. The van der Waals surface area contributed by atoms with E-state index in [9.17, 15) is 18.0 Å². The maximum absolute atomic E-state index is 13.5. The Morgan fingerprint density at radius 3 is 2.53 bits per heavy atom. The van der Waals surface area contributed by atoms with Gasteiger partial charge in [-0.1, -0.05) is 35.9 Å². The average molecular weight is 504 g/mol. The van der Waals surface area contributed by atoms with Crippen LogP contribution >= 0.6 is 11.6 Å². The molecule has 2 amide bonds. The van der Waals surface area contributed by atoms with Crippen LogP contribution in [0.3, 0.4) is 0 Å². The second kappa shape index (κ2) is 10.2. The first-order chi connectivity index (χ1) is 16.2. The predicted molar refractivity (Wildman–Crippen MR) is 132 cm³/mol. The molecule has 10 heteroatoms. The van der Waals surface area contributed by atoms with Gasteiger partial charge in [-0.05, 0) is 43.0 Å². The van der Waals surface area contributed by atoms with Crippen molar-refractivity contribution >= 4 is 50.1 Å². The van der Waals surface area contributed by atoms with Crippen molar-refractivity contribution in [1.29, 1.82) is 0 Å². The number of fused-ring (bicyclic) bond motifs is 1. The summed E-state index contributed by atoms with van der Waals surface area (Å²) in [5, 5.41) is 1.40. The summed E-state index contributed by atoms with van der Waals surface area (Å²) < 4.78 is 27.4. The fraction of sp³-hybridized carbons (Fsp3) is 0.333. The normalized spacial score (nSPS) is 14.9. The Morgan fingerprint density at radius 2 is 1.85 bits per heavy atom. The first kappa shape index (κ1) is 24.3. The highest BCUT2D eigenvalue weighted by Crippen LogP contribution is 2.26. The number of carbonyl (C=O) groups excluding carboxylic acids is 2. The molecule has 2 heterocycles. The number of rotatable bonds is 7. The molecule has 1 aromatic heterocycles. The minimum absolute atomic E-state index is 0.0741. The molecule has 4 rings (SSSR count). The van der Waals surface area contributed by atoms with E-state index < -0.39 is 10.1 Å². The van der Waals surface area contributed by atoms with E-state index in [0.717, 1.165) is 17.2 Å². The number of hydrogen-bond donors (Lipinski definition) is 1. The third-order valence-corrected chi connectivity index (χ3v) is 6.85. The molecule has 0 bridgehead atoms. The number of halogens is 1. The SMILES string of the molecule is CS(=O)(=O)OCC1CCN(C(=O)CN(C(=O)c2ccc3c(Cl)c[nH]c3c2)c2ccccc2)CC1. The molecule has 180 valence electrons. The molecule has 34 heavy (non-hydrogen) atoms. The van der Waals surface area contributed by atoms with Crippen molar-refractivity contribution in [2.75, 3.05) is 37.4 Å². The number of benzene rings is 2. The summed E-state index contributed by atoms with van der Waals surface area (Å²) in [6, 6.07) is 14.3. The first-order valence-corrected chi connectivity index (χ1v) is 13.2. The van der Waals surface area contributed by atoms with Gasteiger partial charge in [0.25, 0.3) is 16.0 Å². The van der Waals surface area contributed by atoms with Crippen molar-refractivity contribution in [3.05, 3.63) is 65.3 Å². The zero-order valence-electron chi connectivity index (χ0n) is 18.7. The molecule has 2 aromatic carbocycles. The summed E-state index contributed by atoms with van der Waals surface area (Å²) in [6.45, 7) is 0.998. The quantitative estimate of drug-likeness (QED) is 0.496. The Balaban J connectivity index is 1.47. The highest BCUT2D eigenvalue weighted by Gasteiger charge is 2.27. The van der Waals surface area contributed by atoms with Gasteiger partial charge in [0, 0.05) is 41.4 Å². The molecule has 0 unspecified atom stereocenters. The minimum atomic E-state index is -3.48. The van der Waals surface area contributed by atoms with Gasteiger partial charge in [-0.25, -0.2) is 0 Å². The second-order valence-corrected chi connectivity index (χ2v) is 10.5. The van der Waals surface area contributed by atoms with Crippen LogP contribution in [-0.2, 0) is 19.1 Å². The number of anilines is 1. The molecule has 1 fully saturated rings. The third-order valence-electron chi connectivity index (χ3n) is 5.97. The van der Waals surface area contributed by atoms with Gasteiger partial charge in [-0.15, -0.1) is 0 Å². The van der Waals surface area contributed by atoms with Crippen molar-refractivity contribution < 1.29 is 22.2 Å². The van der Waals surface area contributed by atoms with E-state index in [0.29, 0.717) is 42.2 Å². The first-order valence-electron chi connectivity index (χ1n) is 11.0. The van der Waals surface area contributed by atoms with E-state index in [2.05, 4.69) is 4.98 Å². The van der Waals surface area contributed by atoms with Crippen LogP contribution < -0.4 is 4.90 Å². The van der Waals surface area contributed by atoms with Crippen LogP contribution in [0.5, 0.6) is 0 Å². The Morgan fingerprint density at radius 1 is 1.15 bits per heavy atom. The van der Waals surface area contributed by atoms with E-state index in [4.69, 9.17) is 15.8 Å². The number of nitrogens with one attached hydrogen (secondary N) is 1. The van der Waals surface area contributed by atoms with E-state index in [1.165, 1.54) is 4.90 Å². The summed E-state index contributed by atoms with van der Waals surface area (Å²) in [7, 11) is -3.48. The number of hydrogen-bond acceptors (Lipinski definition) is 5. The number of aromatic amines is 1. The fourth-order valence-electron chi connectivity index (χ4n) is 4.07. The van der Waals surface area contributed by atoms with Crippen molar-refractivity contribution in [3.63, 3.8) is 0 Å². The summed E-state index contributed by atoms with van der Waals surface area (Å²) in [5.74, 6) is -0.378. The number of aromatic nitrogens is 1. The van der Waals surface area contributed by atoms with Crippen LogP contribution in [0.4, 0.5) is 5.69 Å². The summed E-state index contributed by atoms with van der Waals surface area (Å²) in [4.78, 5) is 32.9. The number of carbonyl (C=O) groups is 2. The summed E-state index contributed by atoms with van der Waals surface area (Å²) in [5.41, 5.74) is 1.81. The Kier molecular flexibility index (Phi) is 7.25. The molecule has 1 N–H and O–H groups in total. The van der Waals surface area contributed by atoms with Crippen LogP contribution in [0.15, 0.2) is 54.7 Å². The Bertz CT molecular complexity index is 1280. The Labute approximate surface area is 203 Å². The number of H-pyrrole nitrogens is 1. The molecule has 3 aromatic rings. The molecule has 8 nitrogen and oxygen atoms in total. The molecule has 0 saturated carbocycles. The lowest BCUT2D eigenvalue weighted by Gasteiger charge is -2.33. The molecular weight excluding hydrogens is 478 g/mol. The number of piperidine rings is 1. The van der Waals surface area contributed by atoms with Crippen molar-refractivity contribution in [1.82, 2.24) is 9.88 Å². The zero-order valence-corrected chi connectivity index (χ0v) is 20.3.